The number of carbonyl (C=O) groups excluding carboxylic acids is 1. The van der Waals surface area contributed by atoms with Crippen molar-refractivity contribution in [1.29, 1.82) is 0 Å². The van der Waals surface area contributed by atoms with Crippen LogP contribution in [0.5, 0.6) is 0 Å². The number of nitrogens with two attached hydrogens (primary N) is 1. The van der Waals surface area contributed by atoms with Crippen molar-refractivity contribution >= 4 is 5.91 Å². The third-order valence-corrected chi connectivity index (χ3v) is 2.27. The standard InChI is InChI=1S/C6H14.C5H10N2O.C2H6/c1-4-5-6(2)3;6-5(8)4-2-1-3-7-4;1-2/h6H,4-5H2,1-3H3;4,7H,1-3H2,(H2,6,8);1-2H3. The van der Waals surface area contributed by atoms with Gasteiger partial charge in [0, 0.05) is 0 Å². The fourth-order valence-corrected chi connectivity index (χ4v) is 1.50. The lowest BCUT2D eigenvalue weighted by Gasteiger charge is -2.01. The third kappa shape index (κ3) is 11.5. The summed E-state index contributed by atoms with van der Waals surface area (Å²) in [5, 5.41) is 2.98. The highest BCUT2D eigenvalue weighted by atomic mass is 16.1. The van der Waals surface area contributed by atoms with Crippen molar-refractivity contribution in [1.82, 2.24) is 5.32 Å². The smallest absolute Gasteiger partial charge is 0.234 e. The molecule has 1 heterocycles. The Morgan fingerprint density at radius 3 is 2.12 bits per heavy atom. The van der Waals surface area contributed by atoms with Gasteiger partial charge in [-0.1, -0.05) is 47.5 Å². The van der Waals surface area contributed by atoms with Crippen LogP contribution in [0, 0.1) is 5.92 Å². The van der Waals surface area contributed by atoms with Gasteiger partial charge in [0.15, 0.2) is 0 Å². The van der Waals surface area contributed by atoms with E-state index in [1.54, 1.807) is 0 Å². The van der Waals surface area contributed by atoms with Gasteiger partial charge >= 0.3 is 0 Å². The molecule has 0 radical (unpaired) electrons. The molecule has 1 amide bonds. The van der Waals surface area contributed by atoms with Crippen LogP contribution in [0.15, 0.2) is 0 Å². The lowest BCUT2D eigenvalue weighted by Crippen LogP contribution is -2.36. The second kappa shape index (κ2) is 12.5. The minimum atomic E-state index is -0.220. The first-order chi connectivity index (χ1) is 7.57. The Hall–Kier alpha value is -0.570. The molecule has 1 aliphatic heterocycles. The van der Waals surface area contributed by atoms with Gasteiger partial charge in [-0.15, -0.1) is 0 Å². The van der Waals surface area contributed by atoms with E-state index in [1.165, 1.54) is 12.8 Å². The summed E-state index contributed by atoms with van der Waals surface area (Å²) in [4.78, 5) is 10.4. The molecular formula is C13H30N2O. The van der Waals surface area contributed by atoms with Crippen LogP contribution in [-0.2, 0) is 4.79 Å². The maximum atomic E-state index is 10.4. The Balaban J connectivity index is 0. The predicted octanol–water partition coefficient (Wildman–Crippen LogP) is 2.69. The van der Waals surface area contributed by atoms with Gasteiger partial charge in [0.05, 0.1) is 6.04 Å². The van der Waals surface area contributed by atoms with Crippen LogP contribution < -0.4 is 11.1 Å². The van der Waals surface area contributed by atoms with Crippen LogP contribution in [0.1, 0.15) is 60.3 Å². The van der Waals surface area contributed by atoms with E-state index in [2.05, 4.69) is 26.1 Å². The van der Waals surface area contributed by atoms with E-state index in [4.69, 9.17) is 5.73 Å². The molecule has 16 heavy (non-hydrogen) atoms. The summed E-state index contributed by atoms with van der Waals surface area (Å²) in [5.74, 6) is 0.678. The van der Waals surface area contributed by atoms with Crippen LogP contribution in [0.25, 0.3) is 0 Å². The van der Waals surface area contributed by atoms with Crippen LogP contribution in [0.2, 0.25) is 0 Å². The molecule has 1 rings (SSSR count). The number of nitrogens with one attached hydrogen (secondary N) is 1. The third-order valence-electron chi connectivity index (χ3n) is 2.27. The zero-order chi connectivity index (χ0) is 13.0. The van der Waals surface area contributed by atoms with Crippen molar-refractivity contribution in [3.05, 3.63) is 0 Å². The molecule has 0 aromatic carbocycles. The van der Waals surface area contributed by atoms with Crippen molar-refractivity contribution in [2.75, 3.05) is 6.54 Å². The minimum Gasteiger partial charge on any atom is -0.368 e. The van der Waals surface area contributed by atoms with Gasteiger partial charge in [-0.25, -0.2) is 0 Å². The van der Waals surface area contributed by atoms with Crippen LogP contribution in [0.4, 0.5) is 0 Å². The second-order valence-electron chi connectivity index (χ2n) is 4.23. The van der Waals surface area contributed by atoms with Gasteiger partial charge in [-0.05, 0) is 25.3 Å². The van der Waals surface area contributed by atoms with E-state index in [-0.39, 0.29) is 11.9 Å². The molecule has 0 aromatic heterocycles. The molecule has 0 saturated carbocycles. The van der Waals surface area contributed by atoms with Crippen LogP contribution >= 0.6 is 0 Å². The summed E-state index contributed by atoms with van der Waals surface area (Å²) in [7, 11) is 0. The van der Waals surface area contributed by atoms with E-state index < -0.39 is 0 Å². The predicted molar refractivity (Wildman–Crippen MR) is 71.3 cm³/mol. The summed E-state index contributed by atoms with van der Waals surface area (Å²) in [5.41, 5.74) is 5.00. The maximum absolute atomic E-state index is 10.4. The molecule has 98 valence electrons. The summed E-state index contributed by atoms with van der Waals surface area (Å²) < 4.78 is 0. The Morgan fingerprint density at radius 1 is 1.44 bits per heavy atom. The SMILES string of the molecule is CC.CCCC(C)C.NC(=O)C1CCCN1. The van der Waals surface area contributed by atoms with E-state index in [1.807, 2.05) is 13.8 Å². The average molecular weight is 230 g/mol. The number of carbonyl (C=O) groups is 1. The fourth-order valence-electron chi connectivity index (χ4n) is 1.50. The molecule has 0 spiro atoms. The van der Waals surface area contributed by atoms with E-state index in [0.717, 1.165) is 25.3 Å². The summed E-state index contributed by atoms with van der Waals surface area (Å²) in [6.45, 7) is 11.7. The van der Waals surface area contributed by atoms with Crippen molar-refractivity contribution in [3.63, 3.8) is 0 Å². The summed E-state index contributed by atoms with van der Waals surface area (Å²) in [6, 6.07) is -0.0463. The van der Waals surface area contributed by atoms with Gasteiger partial charge in [-0.3, -0.25) is 4.79 Å². The number of hydrogen-bond acceptors (Lipinski definition) is 2. The Kier molecular flexibility index (Phi) is 13.9. The highest BCUT2D eigenvalue weighted by Gasteiger charge is 2.18. The zero-order valence-corrected chi connectivity index (χ0v) is 11.7. The highest BCUT2D eigenvalue weighted by Crippen LogP contribution is 2.02. The number of rotatable bonds is 3. The molecule has 0 aliphatic carbocycles. The monoisotopic (exact) mass is 230 g/mol. The number of amides is 1. The van der Waals surface area contributed by atoms with E-state index >= 15 is 0 Å². The molecule has 1 unspecified atom stereocenters. The molecule has 3 N–H and O–H groups in total. The normalized spacial score (nSPS) is 18.2. The Labute approximate surface area is 101 Å². The molecule has 0 bridgehead atoms. The van der Waals surface area contributed by atoms with Gasteiger partial charge in [0.1, 0.15) is 0 Å². The van der Waals surface area contributed by atoms with Crippen molar-refractivity contribution in [3.8, 4) is 0 Å². The zero-order valence-electron chi connectivity index (χ0n) is 11.7. The maximum Gasteiger partial charge on any atom is 0.234 e. The van der Waals surface area contributed by atoms with Crippen molar-refractivity contribution in [2.45, 2.75) is 66.3 Å². The van der Waals surface area contributed by atoms with Crippen LogP contribution in [0.3, 0.4) is 0 Å². The molecule has 3 heteroatoms. The topological polar surface area (TPSA) is 55.1 Å². The first-order valence-electron chi connectivity index (χ1n) is 6.60. The fraction of sp³-hybridized carbons (Fsp3) is 0.923. The number of primary amides is 1. The first kappa shape index (κ1) is 17.8. The van der Waals surface area contributed by atoms with Gasteiger partial charge in [0.25, 0.3) is 0 Å². The Bertz CT molecular complexity index is 152. The quantitative estimate of drug-likeness (QED) is 0.783. The molecule has 3 nitrogen and oxygen atoms in total. The number of hydrogen-bond donors (Lipinski definition) is 2. The molecular weight excluding hydrogens is 200 g/mol. The molecule has 0 aromatic rings. The second-order valence-corrected chi connectivity index (χ2v) is 4.23. The lowest BCUT2D eigenvalue weighted by molar-refractivity contribution is -0.119. The molecule has 1 atom stereocenters. The highest BCUT2D eigenvalue weighted by molar-refractivity contribution is 5.80. The Morgan fingerprint density at radius 2 is 2.00 bits per heavy atom. The summed E-state index contributed by atoms with van der Waals surface area (Å²) in [6.07, 6.45) is 4.70. The average Bonchev–Trinajstić information content (AvgIpc) is 2.74. The van der Waals surface area contributed by atoms with Gasteiger partial charge in [-0.2, -0.15) is 0 Å². The molecule has 1 fully saturated rings. The lowest BCUT2D eigenvalue weighted by atomic mass is 10.1. The van der Waals surface area contributed by atoms with E-state index in [0.29, 0.717) is 0 Å². The largest absolute Gasteiger partial charge is 0.368 e. The van der Waals surface area contributed by atoms with Crippen molar-refractivity contribution < 1.29 is 4.79 Å². The van der Waals surface area contributed by atoms with Crippen molar-refractivity contribution in [2.24, 2.45) is 11.7 Å². The summed E-state index contributed by atoms with van der Waals surface area (Å²) >= 11 is 0. The molecule has 1 saturated heterocycles. The van der Waals surface area contributed by atoms with Crippen LogP contribution in [-0.4, -0.2) is 18.5 Å². The van der Waals surface area contributed by atoms with Gasteiger partial charge in [0.2, 0.25) is 5.91 Å². The first-order valence-corrected chi connectivity index (χ1v) is 6.60. The minimum absolute atomic E-state index is 0.0463. The van der Waals surface area contributed by atoms with Gasteiger partial charge < -0.3 is 11.1 Å². The molecule has 1 aliphatic rings. The van der Waals surface area contributed by atoms with E-state index in [9.17, 15) is 4.79 Å².